The van der Waals surface area contributed by atoms with Gasteiger partial charge in [0.2, 0.25) is 5.91 Å². The second-order valence-corrected chi connectivity index (χ2v) is 16.9. The molecule has 1 atom stereocenters. The summed E-state index contributed by atoms with van der Waals surface area (Å²) in [6.07, 6.45) is 1.92. The summed E-state index contributed by atoms with van der Waals surface area (Å²) < 4.78 is 33.1. The molecule has 58 heavy (non-hydrogen) atoms. The zero-order valence-corrected chi connectivity index (χ0v) is 33.9. The standard InChI is InChI=1S/C46H42N4O6S2/c1-33-19-26-41(27-20-33)58(53,54)49(3)43-28-23-36(32-47-43)34(2)48-56-30-29-55-40-24-21-35(22-25-40)31-42-44(51)50(45(52)57-42)46(37-13-7-4-8-14-37,38-15-9-5-10-16-38)39-17-11-6-12-18-39/h4-28,32,42H,29-31H2,1-3H3. The molecule has 0 N–H and O–H groups in total. The molecule has 5 aromatic carbocycles. The first kappa shape index (κ1) is 40.0. The van der Waals surface area contributed by atoms with Crippen molar-refractivity contribution in [2.45, 2.75) is 36.0 Å². The van der Waals surface area contributed by atoms with Crippen LogP contribution in [0.3, 0.4) is 0 Å². The maximum absolute atomic E-state index is 14.4. The fourth-order valence-corrected chi connectivity index (χ4v) is 9.13. The van der Waals surface area contributed by atoms with Crippen molar-refractivity contribution in [2.24, 2.45) is 5.16 Å². The Hall–Kier alpha value is -6.24. The number of thioether (sulfide) groups is 1. The number of oxime groups is 1. The second-order valence-electron chi connectivity index (χ2n) is 13.8. The highest BCUT2D eigenvalue weighted by molar-refractivity contribution is 8.15. The number of aryl methyl sites for hydroxylation is 1. The molecule has 10 nitrogen and oxygen atoms in total. The van der Waals surface area contributed by atoms with Crippen LogP contribution in [0, 0.1) is 6.92 Å². The Morgan fingerprint density at radius 1 is 0.776 bits per heavy atom. The van der Waals surface area contributed by atoms with Crippen molar-refractivity contribution in [3.63, 3.8) is 0 Å². The summed E-state index contributed by atoms with van der Waals surface area (Å²) in [5, 5.41) is 3.26. The molecule has 12 heteroatoms. The molecule has 1 aromatic heterocycles. The number of hydrogen-bond acceptors (Lipinski definition) is 9. The van der Waals surface area contributed by atoms with Crippen molar-refractivity contribution in [2.75, 3.05) is 24.6 Å². The van der Waals surface area contributed by atoms with Crippen LogP contribution in [0.25, 0.3) is 0 Å². The number of pyridine rings is 1. The largest absolute Gasteiger partial charge is 0.490 e. The minimum absolute atomic E-state index is 0.180. The summed E-state index contributed by atoms with van der Waals surface area (Å²) in [7, 11) is -2.29. The van der Waals surface area contributed by atoms with Gasteiger partial charge in [0, 0.05) is 18.8 Å². The van der Waals surface area contributed by atoms with Gasteiger partial charge in [0.15, 0.2) is 6.61 Å². The molecule has 0 bridgehead atoms. The van der Waals surface area contributed by atoms with E-state index in [-0.39, 0.29) is 35.1 Å². The highest BCUT2D eigenvalue weighted by atomic mass is 32.2. The second kappa shape index (κ2) is 17.5. The van der Waals surface area contributed by atoms with Gasteiger partial charge in [0.1, 0.15) is 23.7 Å². The maximum atomic E-state index is 14.4. The molecule has 2 heterocycles. The minimum atomic E-state index is -3.76. The van der Waals surface area contributed by atoms with Crippen LogP contribution in [0.2, 0.25) is 0 Å². The highest BCUT2D eigenvalue weighted by Gasteiger charge is 2.54. The summed E-state index contributed by atoms with van der Waals surface area (Å²) >= 11 is 1.06. The van der Waals surface area contributed by atoms with Crippen molar-refractivity contribution in [1.29, 1.82) is 0 Å². The lowest BCUT2D eigenvalue weighted by molar-refractivity contribution is -0.129. The van der Waals surface area contributed by atoms with E-state index < -0.39 is 20.8 Å². The van der Waals surface area contributed by atoms with Gasteiger partial charge < -0.3 is 9.57 Å². The molecule has 1 aliphatic heterocycles. The van der Waals surface area contributed by atoms with Crippen molar-refractivity contribution in [1.82, 2.24) is 9.88 Å². The summed E-state index contributed by atoms with van der Waals surface area (Å²) in [5.41, 5.74) is 4.42. The third-order valence-electron chi connectivity index (χ3n) is 9.99. The van der Waals surface area contributed by atoms with Gasteiger partial charge in [-0.05, 0) is 78.9 Å². The number of anilines is 1. The molecular formula is C46H42N4O6S2. The first-order valence-corrected chi connectivity index (χ1v) is 21.0. The summed E-state index contributed by atoms with van der Waals surface area (Å²) in [5.74, 6) is 0.652. The Labute approximate surface area is 343 Å². The van der Waals surface area contributed by atoms with Crippen LogP contribution in [-0.2, 0) is 31.6 Å². The van der Waals surface area contributed by atoms with Gasteiger partial charge in [-0.3, -0.25) is 18.8 Å². The number of rotatable bonds is 15. The molecule has 0 aliphatic carbocycles. The molecule has 1 aliphatic rings. The van der Waals surface area contributed by atoms with Crippen LogP contribution < -0.4 is 9.04 Å². The normalized spacial score (nSPS) is 14.7. The van der Waals surface area contributed by atoms with E-state index in [9.17, 15) is 18.0 Å². The van der Waals surface area contributed by atoms with Crippen LogP contribution in [0.5, 0.6) is 5.75 Å². The fourth-order valence-electron chi connectivity index (χ4n) is 6.92. The van der Waals surface area contributed by atoms with Crippen LogP contribution >= 0.6 is 11.8 Å². The van der Waals surface area contributed by atoms with Gasteiger partial charge in [-0.1, -0.05) is 138 Å². The zero-order valence-electron chi connectivity index (χ0n) is 32.3. The van der Waals surface area contributed by atoms with Crippen molar-refractivity contribution in [3.05, 3.63) is 191 Å². The number of carbonyl (C=O) groups is 2. The van der Waals surface area contributed by atoms with Gasteiger partial charge in [-0.15, -0.1) is 0 Å². The number of sulfonamides is 1. The van der Waals surface area contributed by atoms with E-state index in [0.29, 0.717) is 23.4 Å². The van der Waals surface area contributed by atoms with Gasteiger partial charge in [-0.2, -0.15) is 0 Å². The van der Waals surface area contributed by atoms with E-state index in [1.54, 1.807) is 49.5 Å². The predicted molar refractivity (Wildman–Crippen MR) is 228 cm³/mol. The average molecular weight is 811 g/mol. The lowest BCUT2D eigenvalue weighted by atomic mass is 9.75. The third-order valence-corrected chi connectivity index (χ3v) is 12.8. The molecule has 1 unspecified atom stereocenters. The molecule has 0 spiro atoms. The average Bonchev–Trinajstić information content (AvgIpc) is 3.54. The monoisotopic (exact) mass is 810 g/mol. The Bertz CT molecular complexity index is 2390. The summed E-state index contributed by atoms with van der Waals surface area (Å²) in [6, 6.07) is 46.7. The number of ether oxygens (including phenoxy) is 1. The molecule has 6 aromatic rings. The van der Waals surface area contributed by atoms with Crippen LogP contribution in [0.15, 0.2) is 168 Å². The molecule has 1 saturated heterocycles. The quantitative estimate of drug-likeness (QED) is 0.0438. The molecule has 0 saturated carbocycles. The Balaban J connectivity index is 0.956. The van der Waals surface area contributed by atoms with E-state index in [4.69, 9.17) is 9.57 Å². The Morgan fingerprint density at radius 3 is 1.88 bits per heavy atom. The van der Waals surface area contributed by atoms with E-state index in [2.05, 4.69) is 10.1 Å². The smallest absolute Gasteiger partial charge is 0.290 e. The molecule has 0 radical (unpaired) electrons. The molecule has 7 rings (SSSR count). The van der Waals surface area contributed by atoms with E-state index >= 15 is 0 Å². The number of carbonyl (C=O) groups excluding carboxylic acids is 2. The summed E-state index contributed by atoms with van der Waals surface area (Å²) in [6.45, 7) is 4.08. The predicted octanol–water partition coefficient (Wildman–Crippen LogP) is 8.63. The number of benzene rings is 5. The Kier molecular flexibility index (Phi) is 12.1. The number of hydrogen-bond donors (Lipinski definition) is 0. The van der Waals surface area contributed by atoms with Crippen molar-refractivity contribution < 1.29 is 27.6 Å². The molecule has 2 amide bonds. The third kappa shape index (κ3) is 8.25. The molecular weight excluding hydrogens is 769 g/mol. The lowest BCUT2D eigenvalue weighted by Gasteiger charge is -2.42. The van der Waals surface area contributed by atoms with E-state index in [0.717, 1.165) is 43.9 Å². The minimum Gasteiger partial charge on any atom is -0.490 e. The highest BCUT2D eigenvalue weighted by Crippen LogP contribution is 2.48. The number of amides is 2. The van der Waals surface area contributed by atoms with Crippen LogP contribution in [0.1, 0.15) is 40.3 Å². The summed E-state index contributed by atoms with van der Waals surface area (Å²) in [4.78, 5) is 39.9. The molecule has 1 fully saturated rings. The SMILES string of the molecule is CC(=NOCCOc1ccc(CC2SC(=O)N(C(c3ccccc3)(c3ccccc3)c3ccccc3)C2=O)cc1)c1ccc(N(C)S(=O)(=O)c2ccc(C)cc2)nc1. The zero-order chi connectivity index (χ0) is 40.7. The van der Waals surface area contributed by atoms with Gasteiger partial charge in [0.25, 0.3) is 15.3 Å². The van der Waals surface area contributed by atoms with E-state index in [1.807, 2.05) is 122 Å². The van der Waals surface area contributed by atoms with Gasteiger partial charge >= 0.3 is 0 Å². The van der Waals surface area contributed by atoms with Crippen molar-refractivity contribution in [3.8, 4) is 5.75 Å². The van der Waals surface area contributed by atoms with Gasteiger partial charge in [-0.25, -0.2) is 13.4 Å². The first-order chi connectivity index (χ1) is 28.1. The number of imide groups is 1. The fraction of sp³-hybridized carbons (Fsp3) is 0.174. The first-order valence-electron chi connectivity index (χ1n) is 18.7. The van der Waals surface area contributed by atoms with Crippen LogP contribution in [-0.4, -0.2) is 60.7 Å². The Morgan fingerprint density at radius 2 is 1.34 bits per heavy atom. The molecule has 294 valence electrons. The maximum Gasteiger partial charge on any atom is 0.290 e. The number of nitrogens with zero attached hydrogens (tertiary/aromatic N) is 4. The van der Waals surface area contributed by atoms with Crippen LogP contribution in [0.4, 0.5) is 10.6 Å². The topological polar surface area (TPSA) is 118 Å². The van der Waals surface area contributed by atoms with Gasteiger partial charge in [0.05, 0.1) is 15.9 Å². The number of aromatic nitrogens is 1. The van der Waals surface area contributed by atoms with E-state index in [1.165, 1.54) is 11.9 Å². The lowest BCUT2D eigenvalue weighted by Crippen LogP contribution is -2.51. The van der Waals surface area contributed by atoms with Crippen molar-refractivity contribution >= 4 is 44.5 Å².